The van der Waals surface area contributed by atoms with Gasteiger partial charge in [-0.05, 0) is 29.9 Å². The highest BCUT2D eigenvalue weighted by atomic mass is 32.2. The Balaban J connectivity index is 2.26. The molecular weight excluding hydrogens is 348 g/mol. The van der Waals surface area contributed by atoms with E-state index in [0.717, 1.165) is 34.6 Å². The van der Waals surface area contributed by atoms with Crippen LogP contribution in [0.1, 0.15) is 31.9 Å². The Kier molecular flexibility index (Phi) is 5.41. The maximum Gasteiger partial charge on any atom is 0.329 e. The molecule has 5 nitrogen and oxygen atoms in total. The minimum absolute atomic E-state index is 0.240. The number of pyridine rings is 1. The molecule has 2 N–H and O–H groups in total. The van der Waals surface area contributed by atoms with Crippen molar-refractivity contribution in [2.75, 3.05) is 18.6 Å². The topological polar surface area (TPSA) is 74.3 Å². The Hall–Kier alpha value is -2.21. The third-order valence-corrected chi connectivity index (χ3v) is 5.86. The number of nitrogen functional groups attached to an aromatic ring is 1. The maximum atomic E-state index is 13.0. The lowest BCUT2D eigenvalue weighted by atomic mass is 9.94. The third kappa shape index (κ3) is 3.26. The van der Waals surface area contributed by atoms with Crippen molar-refractivity contribution in [3.63, 3.8) is 0 Å². The van der Waals surface area contributed by atoms with Crippen LogP contribution < -0.4 is 11.3 Å². The van der Waals surface area contributed by atoms with Crippen molar-refractivity contribution in [1.29, 1.82) is 0 Å². The number of methoxy groups -OCH3 is 1. The van der Waals surface area contributed by atoms with Crippen LogP contribution in [0.25, 0.3) is 11.1 Å². The van der Waals surface area contributed by atoms with Gasteiger partial charge in [-0.3, -0.25) is 9.36 Å². The van der Waals surface area contributed by atoms with Gasteiger partial charge >= 0.3 is 5.97 Å². The van der Waals surface area contributed by atoms with E-state index in [2.05, 4.69) is 13.8 Å². The zero-order chi connectivity index (χ0) is 18.8. The number of ether oxygens (including phenoxy) is 1. The Morgan fingerprint density at radius 2 is 2.04 bits per heavy atom. The molecule has 3 rings (SSSR count). The van der Waals surface area contributed by atoms with Gasteiger partial charge in [0, 0.05) is 11.3 Å². The molecule has 0 radical (unpaired) electrons. The summed E-state index contributed by atoms with van der Waals surface area (Å²) in [6, 6.07) is 9.31. The molecule has 6 heteroatoms. The van der Waals surface area contributed by atoms with Gasteiger partial charge in [0.25, 0.3) is 5.56 Å². The van der Waals surface area contributed by atoms with Gasteiger partial charge in [-0.15, -0.1) is 11.8 Å². The van der Waals surface area contributed by atoms with Crippen LogP contribution in [-0.4, -0.2) is 23.4 Å². The van der Waals surface area contributed by atoms with E-state index >= 15 is 0 Å². The molecule has 1 aliphatic heterocycles. The average molecular weight is 372 g/mol. The molecule has 0 bridgehead atoms. The summed E-state index contributed by atoms with van der Waals surface area (Å²) in [5.74, 6) is 0.575. The first-order valence-electron chi connectivity index (χ1n) is 8.78. The van der Waals surface area contributed by atoms with Crippen LogP contribution in [0, 0.1) is 5.92 Å². The van der Waals surface area contributed by atoms with Gasteiger partial charge < -0.3 is 10.5 Å². The van der Waals surface area contributed by atoms with E-state index in [-0.39, 0.29) is 11.2 Å². The largest absolute Gasteiger partial charge is 0.467 e. The summed E-state index contributed by atoms with van der Waals surface area (Å²) in [6.07, 6.45) is 1.68. The van der Waals surface area contributed by atoms with Gasteiger partial charge in [-0.1, -0.05) is 44.2 Å². The monoisotopic (exact) mass is 372 g/mol. The summed E-state index contributed by atoms with van der Waals surface area (Å²) >= 11 is 1.52. The van der Waals surface area contributed by atoms with E-state index in [9.17, 15) is 9.59 Å². The fourth-order valence-electron chi connectivity index (χ4n) is 3.30. The molecule has 1 aromatic carbocycles. The number of nitrogens with two attached hydrogens (primary N) is 1. The summed E-state index contributed by atoms with van der Waals surface area (Å²) in [7, 11) is 1.34. The number of benzene rings is 1. The number of fused-ring (bicyclic) bond motifs is 1. The van der Waals surface area contributed by atoms with Crippen LogP contribution in [0.3, 0.4) is 0 Å². The van der Waals surface area contributed by atoms with Crippen LogP contribution in [-0.2, 0) is 16.0 Å². The number of anilines is 1. The number of thioether (sulfide) groups is 1. The molecule has 0 spiro atoms. The van der Waals surface area contributed by atoms with Crippen molar-refractivity contribution < 1.29 is 9.53 Å². The molecule has 0 amide bonds. The van der Waals surface area contributed by atoms with Crippen molar-refractivity contribution in [3.05, 3.63) is 46.2 Å². The van der Waals surface area contributed by atoms with E-state index in [1.165, 1.54) is 23.4 Å². The van der Waals surface area contributed by atoms with E-state index in [4.69, 9.17) is 10.5 Å². The summed E-state index contributed by atoms with van der Waals surface area (Å²) < 4.78 is 6.41. The lowest BCUT2D eigenvalue weighted by Gasteiger charge is -2.20. The third-order valence-electron chi connectivity index (χ3n) is 4.71. The summed E-state index contributed by atoms with van der Waals surface area (Å²) in [5.41, 5.74) is 9.11. The minimum Gasteiger partial charge on any atom is -0.467 e. The number of carbonyl (C=O) groups is 1. The number of esters is 1. The highest BCUT2D eigenvalue weighted by Crippen LogP contribution is 2.43. The van der Waals surface area contributed by atoms with Crippen molar-refractivity contribution in [1.82, 2.24) is 4.57 Å². The van der Waals surface area contributed by atoms with Gasteiger partial charge in [0.05, 0.1) is 12.1 Å². The van der Waals surface area contributed by atoms with E-state index < -0.39 is 12.0 Å². The molecule has 0 saturated carbocycles. The van der Waals surface area contributed by atoms with Crippen molar-refractivity contribution in [2.45, 2.75) is 37.8 Å². The maximum absolute atomic E-state index is 13.0. The summed E-state index contributed by atoms with van der Waals surface area (Å²) in [5, 5.41) is 0.810. The van der Waals surface area contributed by atoms with Crippen molar-refractivity contribution in [3.8, 4) is 11.1 Å². The fourth-order valence-corrected chi connectivity index (χ4v) is 4.63. The molecule has 1 aliphatic rings. The first kappa shape index (κ1) is 18.6. The molecule has 0 aliphatic carbocycles. The number of nitrogens with zero attached hydrogens (tertiary/aromatic N) is 1. The fraction of sp³-hybridized carbons (Fsp3) is 0.400. The minimum atomic E-state index is -0.628. The molecule has 0 unspecified atom stereocenters. The van der Waals surface area contributed by atoms with Crippen LogP contribution in [0.2, 0.25) is 0 Å². The lowest BCUT2D eigenvalue weighted by molar-refractivity contribution is -0.143. The lowest BCUT2D eigenvalue weighted by Crippen LogP contribution is -2.32. The highest BCUT2D eigenvalue weighted by Gasteiger charge is 2.35. The zero-order valence-corrected chi connectivity index (χ0v) is 16.1. The SMILES string of the molecule is COC(=O)[C@@H]1CSc2c(-c3ccccc3)c(CCC(C)C)c(N)c(=O)n21. The predicted molar refractivity (Wildman–Crippen MR) is 105 cm³/mol. The summed E-state index contributed by atoms with van der Waals surface area (Å²) in [4.78, 5) is 25.1. The predicted octanol–water partition coefficient (Wildman–Crippen LogP) is 3.51. The molecule has 1 atom stereocenters. The molecule has 0 fully saturated rings. The van der Waals surface area contributed by atoms with E-state index in [1.54, 1.807) is 0 Å². The average Bonchev–Trinajstić information content (AvgIpc) is 3.08. The Bertz CT molecular complexity index is 875. The zero-order valence-electron chi connectivity index (χ0n) is 15.3. The second kappa shape index (κ2) is 7.58. The second-order valence-electron chi connectivity index (χ2n) is 6.90. The van der Waals surface area contributed by atoms with E-state index in [0.29, 0.717) is 11.7 Å². The molecule has 2 heterocycles. The molecule has 0 saturated heterocycles. The number of hydrogen-bond donors (Lipinski definition) is 1. The van der Waals surface area contributed by atoms with E-state index in [1.807, 2.05) is 30.3 Å². The number of hydrogen-bond acceptors (Lipinski definition) is 5. The standard InChI is InChI=1S/C20H24N2O3S/c1-12(2)9-10-14-16(13-7-5-4-6-8-13)19-22(18(23)17(14)21)15(11-26-19)20(24)25-3/h4-8,12,15H,9-11,21H2,1-3H3/t15-/m0/s1. The van der Waals surface area contributed by atoms with Gasteiger partial charge in [0.15, 0.2) is 0 Å². The Labute approximate surface area is 157 Å². The summed E-state index contributed by atoms with van der Waals surface area (Å²) in [6.45, 7) is 4.31. The Morgan fingerprint density at radius 1 is 1.35 bits per heavy atom. The van der Waals surface area contributed by atoms with Crippen LogP contribution in [0.4, 0.5) is 5.69 Å². The molecule has 138 valence electrons. The first-order valence-corrected chi connectivity index (χ1v) is 9.77. The van der Waals surface area contributed by atoms with Crippen LogP contribution in [0.15, 0.2) is 40.2 Å². The Morgan fingerprint density at radius 3 is 2.65 bits per heavy atom. The highest BCUT2D eigenvalue weighted by molar-refractivity contribution is 7.99. The van der Waals surface area contributed by atoms with Gasteiger partial charge in [0.2, 0.25) is 0 Å². The quantitative estimate of drug-likeness (QED) is 0.813. The molecule has 1 aromatic heterocycles. The second-order valence-corrected chi connectivity index (χ2v) is 7.90. The molecule has 26 heavy (non-hydrogen) atoms. The smallest absolute Gasteiger partial charge is 0.329 e. The first-order chi connectivity index (χ1) is 12.5. The number of rotatable bonds is 5. The molecule has 2 aromatic rings. The van der Waals surface area contributed by atoms with Gasteiger partial charge in [-0.25, -0.2) is 4.79 Å². The van der Waals surface area contributed by atoms with Crippen LogP contribution in [0.5, 0.6) is 0 Å². The van der Waals surface area contributed by atoms with Gasteiger partial charge in [-0.2, -0.15) is 0 Å². The number of aromatic nitrogens is 1. The molecular formula is C20H24N2O3S. The van der Waals surface area contributed by atoms with Gasteiger partial charge in [0.1, 0.15) is 11.7 Å². The van der Waals surface area contributed by atoms with Crippen molar-refractivity contribution in [2.24, 2.45) is 5.92 Å². The van der Waals surface area contributed by atoms with Crippen molar-refractivity contribution >= 4 is 23.4 Å². The normalized spacial score (nSPS) is 15.9. The number of carbonyl (C=O) groups excluding carboxylic acids is 1. The van der Waals surface area contributed by atoms with Crippen LogP contribution >= 0.6 is 11.8 Å².